The van der Waals surface area contributed by atoms with Gasteiger partial charge in [0.1, 0.15) is 5.82 Å². The number of rotatable bonds is 4. The first-order valence-electron chi connectivity index (χ1n) is 13.9. The van der Waals surface area contributed by atoms with Crippen LogP contribution in [0.5, 0.6) is 11.5 Å². The summed E-state index contributed by atoms with van der Waals surface area (Å²) in [6, 6.07) is 8.28. The maximum atomic E-state index is 14.4. The third-order valence-electron chi connectivity index (χ3n) is 9.41. The van der Waals surface area contributed by atoms with E-state index in [1.165, 1.54) is 18.2 Å². The van der Waals surface area contributed by atoms with Crippen LogP contribution in [0.25, 0.3) is 0 Å². The van der Waals surface area contributed by atoms with Crippen LogP contribution >= 0.6 is 11.6 Å². The molecule has 6 rings (SSSR count). The molecule has 0 spiro atoms. The Hall–Kier alpha value is -4.25. The van der Waals surface area contributed by atoms with Crippen molar-refractivity contribution >= 4 is 47.0 Å². The molecule has 2 aliphatic heterocycles. The molecule has 10 nitrogen and oxygen atoms in total. The standard InChI is InChI=1S/C31H28ClFN2O8/c1-4-43-23-11-14(5-10-22(23)36)25-16-7-8-17-24(28(39)35(26(17)37)30(41)42-3)18(16)13-19-27(38)34(29(40)31(19,25)2)15-6-9-21(33)20(32)12-15/h5-7,9-12,17-19,24-25,36H,4,8,13H2,1-3H3. The summed E-state index contributed by atoms with van der Waals surface area (Å²) in [5.74, 6) is -7.26. The normalized spacial score (nSPS) is 29.7. The molecule has 2 saturated heterocycles. The van der Waals surface area contributed by atoms with E-state index in [9.17, 15) is 33.5 Å². The molecule has 43 heavy (non-hydrogen) atoms. The molecule has 0 radical (unpaired) electrons. The molecular formula is C31H28ClFN2O8. The molecule has 224 valence electrons. The van der Waals surface area contributed by atoms with Crippen molar-refractivity contribution in [3.05, 3.63) is 64.5 Å². The number of hydrogen-bond donors (Lipinski definition) is 1. The van der Waals surface area contributed by atoms with E-state index in [0.717, 1.165) is 18.1 Å². The Morgan fingerprint density at radius 3 is 2.51 bits per heavy atom. The van der Waals surface area contributed by atoms with E-state index in [4.69, 9.17) is 21.1 Å². The number of hydrogen-bond acceptors (Lipinski definition) is 8. The minimum atomic E-state index is -1.37. The molecule has 4 aliphatic rings. The van der Waals surface area contributed by atoms with Gasteiger partial charge in [-0.25, -0.2) is 14.1 Å². The summed E-state index contributed by atoms with van der Waals surface area (Å²) >= 11 is 6.02. The lowest BCUT2D eigenvalue weighted by Gasteiger charge is -2.49. The van der Waals surface area contributed by atoms with E-state index in [0.29, 0.717) is 16.0 Å². The Bertz CT molecular complexity index is 1640. The van der Waals surface area contributed by atoms with Crippen LogP contribution in [0.4, 0.5) is 14.9 Å². The van der Waals surface area contributed by atoms with Crippen LogP contribution in [0.1, 0.15) is 38.2 Å². The van der Waals surface area contributed by atoms with Gasteiger partial charge in [0.05, 0.1) is 47.6 Å². The van der Waals surface area contributed by atoms with Crippen molar-refractivity contribution in [2.24, 2.45) is 29.1 Å². The molecule has 3 fully saturated rings. The summed E-state index contributed by atoms with van der Waals surface area (Å²) in [5.41, 5.74) is -0.0253. The number of imide groups is 4. The zero-order valence-corrected chi connectivity index (χ0v) is 24.3. The predicted octanol–water partition coefficient (Wildman–Crippen LogP) is 4.58. The lowest BCUT2D eigenvalue weighted by Crippen LogP contribution is -2.49. The Labute approximate surface area is 251 Å². The molecule has 5 amide bonds. The smallest absolute Gasteiger partial charge is 0.423 e. The third-order valence-corrected chi connectivity index (χ3v) is 9.70. The number of ether oxygens (including phenoxy) is 2. The molecule has 2 aliphatic carbocycles. The topological polar surface area (TPSA) is 131 Å². The van der Waals surface area contributed by atoms with Gasteiger partial charge in [0, 0.05) is 5.92 Å². The van der Waals surface area contributed by atoms with E-state index in [1.54, 1.807) is 26.0 Å². The highest BCUT2D eigenvalue weighted by Crippen LogP contribution is 2.64. The van der Waals surface area contributed by atoms with Crippen molar-refractivity contribution < 1.29 is 42.9 Å². The lowest BCUT2D eigenvalue weighted by molar-refractivity contribution is -0.138. The second-order valence-electron chi connectivity index (χ2n) is 11.4. The van der Waals surface area contributed by atoms with Crippen molar-refractivity contribution in [3.8, 4) is 11.5 Å². The first-order chi connectivity index (χ1) is 20.4. The fraction of sp³-hybridized carbons (Fsp3) is 0.387. The maximum Gasteiger partial charge on any atom is 0.423 e. The third kappa shape index (κ3) is 4.01. The van der Waals surface area contributed by atoms with Crippen molar-refractivity contribution in [3.63, 3.8) is 0 Å². The number of nitrogens with zero attached hydrogens (tertiary/aromatic N) is 2. The second-order valence-corrected chi connectivity index (χ2v) is 11.8. The van der Waals surface area contributed by atoms with E-state index in [1.807, 2.05) is 6.08 Å². The number of phenolic OH excluding ortho intramolecular Hbond substituents is 1. The molecule has 2 aromatic carbocycles. The van der Waals surface area contributed by atoms with Gasteiger partial charge in [0.15, 0.2) is 11.5 Å². The quantitative estimate of drug-likeness (QED) is 0.393. The Balaban J connectivity index is 1.53. The highest BCUT2D eigenvalue weighted by Gasteiger charge is 2.68. The number of halogens is 2. The first-order valence-corrected chi connectivity index (χ1v) is 14.3. The zero-order valence-electron chi connectivity index (χ0n) is 23.5. The first kappa shape index (κ1) is 28.9. The highest BCUT2D eigenvalue weighted by molar-refractivity contribution is 6.31. The molecule has 2 aromatic rings. The van der Waals surface area contributed by atoms with Crippen molar-refractivity contribution in [2.75, 3.05) is 18.6 Å². The van der Waals surface area contributed by atoms with Crippen molar-refractivity contribution in [1.82, 2.24) is 4.90 Å². The summed E-state index contributed by atoms with van der Waals surface area (Å²) in [4.78, 5) is 69.3. The monoisotopic (exact) mass is 610 g/mol. The van der Waals surface area contributed by atoms with Gasteiger partial charge in [-0.15, -0.1) is 0 Å². The number of carbonyl (C=O) groups is 5. The SMILES string of the molecule is CCOc1cc(C2C3=CCC4C(=O)N(C(=O)OC)C(=O)C4C3CC3C(=O)N(c4ccc(F)c(Cl)c4)C(=O)C32C)ccc1O. The lowest BCUT2D eigenvalue weighted by atomic mass is 9.51. The fourth-order valence-electron chi connectivity index (χ4n) is 7.52. The summed E-state index contributed by atoms with van der Waals surface area (Å²) in [6.45, 7) is 3.70. The minimum Gasteiger partial charge on any atom is -0.504 e. The van der Waals surface area contributed by atoms with Gasteiger partial charge in [-0.3, -0.25) is 19.2 Å². The van der Waals surface area contributed by atoms with Crippen LogP contribution < -0.4 is 9.64 Å². The highest BCUT2D eigenvalue weighted by atomic mass is 35.5. The molecule has 2 heterocycles. The van der Waals surface area contributed by atoms with Gasteiger partial charge < -0.3 is 14.6 Å². The maximum absolute atomic E-state index is 14.4. The molecule has 0 bridgehead atoms. The summed E-state index contributed by atoms with van der Waals surface area (Å²) in [5, 5.41) is 10.2. The summed E-state index contributed by atoms with van der Waals surface area (Å²) < 4.78 is 24.3. The molecule has 0 aromatic heterocycles. The zero-order chi connectivity index (χ0) is 31.0. The van der Waals surface area contributed by atoms with Crippen LogP contribution in [0, 0.1) is 34.9 Å². The van der Waals surface area contributed by atoms with Crippen LogP contribution in [0.2, 0.25) is 5.02 Å². The van der Waals surface area contributed by atoms with E-state index >= 15 is 0 Å². The summed E-state index contributed by atoms with van der Waals surface area (Å²) in [7, 11) is 1.08. The van der Waals surface area contributed by atoms with Gasteiger partial charge in [-0.2, -0.15) is 4.90 Å². The number of phenols is 1. The van der Waals surface area contributed by atoms with E-state index < -0.39 is 70.5 Å². The number of amides is 5. The number of aromatic hydroxyl groups is 1. The number of carbonyl (C=O) groups excluding carboxylic acids is 5. The predicted molar refractivity (Wildman–Crippen MR) is 150 cm³/mol. The average molecular weight is 611 g/mol. The largest absolute Gasteiger partial charge is 0.504 e. The Morgan fingerprint density at radius 2 is 1.84 bits per heavy atom. The number of likely N-dealkylation sites (tertiary alicyclic amines) is 1. The fourth-order valence-corrected chi connectivity index (χ4v) is 7.69. The molecule has 12 heteroatoms. The van der Waals surface area contributed by atoms with Gasteiger partial charge >= 0.3 is 6.09 Å². The number of benzene rings is 2. The minimum absolute atomic E-state index is 0.0560. The molecule has 6 atom stereocenters. The van der Waals surface area contributed by atoms with Gasteiger partial charge in [-0.1, -0.05) is 29.3 Å². The van der Waals surface area contributed by atoms with Crippen LogP contribution in [-0.4, -0.2) is 53.4 Å². The van der Waals surface area contributed by atoms with E-state index in [-0.39, 0.29) is 41.7 Å². The number of fused-ring (bicyclic) bond motifs is 4. The van der Waals surface area contributed by atoms with Crippen molar-refractivity contribution in [1.29, 1.82) is 0 Å². The van der Waals surface area contributed by atoms with Crippen molar-refractivity contribution in [2.45, 2.75) is 32.6 Å². The Morgan fingerprint density at radius 1 is 1.09 bits per heavy atom. The van der Waals surface area contributed by atoms with Crippen LogP contribution in [0.15, 0.2) is 48.0 Å². The van der Waals surface area contributed by atoms with Crippen LogP contribution in [-0.2, 0) is 23.9 Å². The Kier molecular flexibility index (Phi) is 6.83. The second kappa shape index (κ2) is 10.2. The van der Waals surface area contributed by atoms with Gasteiger partial charge in [0.25, 0.3) is 0 Å². The number of anilines is 1. The molecule has 1 N–H and O–H groups in total. The number of methoxy groups -OCH3 is 1. The molecule has 1 saturated carbocycles. The number of allylic oxidation sites excluding steroid dienone is 2. The van der Waals surface area contributed by atoms with Crippen LogP contribution in [0.3, 0.4) is 0 Å². The molecular weight excluding hydrogens is 583 g/mol. The van der Waals surface area contributed by atoms with Gasteiger partial charge in [-0.05, 0) is 68.5 Å². The van der Waals surface area contributed by atoms with E-state index in [2.05, 4.69) is 0 Å². The van der Waals surface area contributed by atoms with Gasteiger partial charge in [0.2, 0.25) is 23.6 Å². The molecule has 6 unspecified atom stereocenters. The summed E-state index contributed by atoms with van der Waals surface area (Å²) in [6.07, 6.45) is 0.948. The average Bonchev–Trinajstić information content (AvgIpc) is 3.35.